The maximum Gasteiger partial charge on any atom is 0.390 e. The van der Waals surface area contributed by atoms with Gasteiger partial charge in [-0.3, -0.25) is 5.10 Å². The maximum absolute atomic E-state index is 12.0. The van der Waals surface area contributed by atoms with Gasteiger partial charge in [0.2, 0.25) is 0 Å². The first-order chi connectivity index (χ1) is 9.28. The van der Waals surface area contributed by atoms with Crippen LogP contribution in [0.5, 0.6) is 0 Å². The molecular weight excluding hydrogens is 297 g/mol. The van der Waals surface area contributed by atoms with Gasteiger partial charge in [0, 0.05) is 24.7 Å². The Labute approximate surface area is 114 Å². The van der Waals surface area contributed by atoms with Crippen LogP contribution in [-0.2, 0) is 16.6 Å². The van der Waals surface area contributed by atoms with Crippen molar-refractivity contribution >= 4 is 10.0 Å². The summed E-state index contributed by atoms with van der Waals surface area (Å²) in [5, 5.41) is 8.89. The number of alkyl halides is 3. The number of nitrogens with one attached hydrogen (secondary N) is 3. The molecule has 6 nitrogen and oxygen atoms in total. The average Bonchev–Trinajstić information content (AvgIpc) is 3.01. The Kier molecular flexibility index (Phi) is 4.35. The maximum atomic E-state index is 12.0. The van der Waals surface area contributed by atoms with Crippen molar-refractivity contribution in [1.29, 1.82) is 0 Å². The molecule has 1 heterocycles. The molecule has 10 heteroatoms. The van der Waals surface area contributed by atoms with Crippen molar-refractivity contribution in [3.8, 4) is 0 Å². The SMILES string of the molecule is O=S(=O)(NCCC(F)(F)F)c1[nH]ncc1CNC1CC1. The Morgan fingerprint density at radius 1 is 1.40 bits per heavy atom. The van der Waals surface area contributed by atoms with Crippen LogP contribution < -0.4 is 10.0 Å². The number of hydrogen-bond acceptors (Lipinski definition) is 4. The standard InChI is InChI=1S/C10H15F3N4O2S/c11-10(12,13)3-4-16-20(18,19)9-7(6-15-17-9)5-14-8-1-2-8/h6,8,14,16H,1-5H2,(H,15,17). The minimum absolute atomic E-state index is 0.187. The van der Waals surface area contributed by atoms with E-state index < -0.39 is 29.2 Å². The van der Waals surface area contributed by atoms with Crippen LogP contribution >= 0.6 is 0 Å². The third-order valence-corrected chi connectivity index (χ3v) is 4.28. The predicted molar refractivity (Wildman–Crippen MR) is 64.3 cm³/mol. The van der Waals surface area contributed by atoms with Gasteiger partial charge in [-0.1, -0.05) is 0 Å². The van der Waals surface area contributed by atoms with Gasteiger partial charge >= 0.3 is 6.18 Å². The van der Waals surface area contributed by atoms with E-state index in [1.807, 2.05) is 4.72 Å². The third kappa shape index (κ3) is 4.46. The molecule has 0 aliphatic heterocycles. The fourth-order valence-corrected chi connectivity index (χ4v) is 2.76. The molecule has 0 unspecified atom stereocenters. The minimum atomic E-state index is -4.40. The van der Waals surface area contributed by atoms with E-state index in [1.165, 1.54) is 6.20 Å². The molecule has 0 atom stereocenters. The molecule has 0 saturated heterocycles. The Morgan fingerprint density at radius 3 is 2.70 bits per heavy atom. The smallest absolute Gasteiger partial charge is 0.310 e. The topological polar surface area (TPSA) is 86.9 Å². The summed E-state index contributed by atoms with van der Waals surface area (Å²) in [5.41, 5.74) is 0.413. The minimum Gasteiger partial charge on any atom is -0.310 e. The van der Waals surface area contributed by atoms with Crippen molar-refractivity contribution in [3.05, 3.63) is 11.8 Å². The van der Waals surface area contributed by atoms with E-state index in [0.717, 1.165) is 12.8 Å². The van der Waals surface area contributed by atoms with Crippen molar-refractivity contribution in [2.75, 3.05) is 6.54 Å². The fourth-order valence-electron chi connectivity index (χ4n) is 1.60. The molecule has 2 rings (SSSR count). The van der Waals surface area contributed by atoms with Crippen LogP contribution in [0.15, 0.2) is 11.2 Å². The number of halogens is 3. The molecule has 1 aromatic heterocycles. The van der Waals surface area contributed by atoms with Crippen molar-refractivity contribution in [1.82, 2.24) is 20.2 Å². The normalized spacial score (nSPS) is 16.6. The van der Waals surface area contributed by atoms with Crippen LogP contribution in [0.2, 0.25) is 0 Å². The molecule has 20 heavy (non-hydrogen) atoms. The van der Waals surface area contributed by atoms with Crippen LogP contribution in [0.3, 0.4) is 0 Å². The van der Waals surface area contributed by atoms with Gasteiger partial charge in [-0.25, -0.2) is 13.1 Å². The summed E-state index contributed by atoms with van der Waals surface area (Å²) in [6.45, 7) is -0.378. The number of aromatic amines is 1. The van der Waals surface area contributed by atoms with E-state index in [9.17, 15) is 21.6 Å². The lowest BCUT2D eigenvalue weighted by atomic mass is 10.3. The van der Waals surface area contributed by atoms with Gasteiger partial charge in [-0.05, 0) is 12.8 Å². The number of rotatable bonds is 7. The summed E-state index contributed by atoms with van der Waals surface area (Å²) in [5.74, 6) is 0. The zero-order valence-electron chi connectivity index (χ0n) is 10.5. The van der Waals surface area contributed by atoms with Gasteiger partial charge in [0.1, 0.15) is 0 Å². The monoisotopic (exact) mass is 312 g/mol. The fraction of sp³-hybridized carbons (Fsp3) is 0.700. The van der Waals surface area contributed by atoms with Gasteiger partial charge in [0.25, 0.3) is 10.0 Å². The quantitative estimate of drug-likeness (QED) is 0.698. The highest BCUT2D eigenvalue weighted by molar-refractivity contribution is 7.89. The molecule has 0 amide bonds. The zero-order chi connectivity index (χ0) is 14.8. The van der Waals surface area contributed by atoms with Crippen molar-refractivity contribution < 1.29 is 21.6 Å². The molecule has 0 aromatic carbocycles. The molecule has 3 N–H and O–H groups in total. The van der Waals surface area contributed by atoms with Crippen LogP contribution in [0.25, 0.3) is 0 Å². The largest absolute Gasteiger partial charge is 0.390 e. The Morgan fingerprint density at radius 2 is 2.10 bits per heavy atom. The first-order valence-electron chi connectivity index (χ1n) is 6.10. The van der Waals surface area contributed by atoms with Gasteiger partial charge in [-0.2, -0.15) is 18.3 Å². The number of sulfonamides is 1. The Balaban J connectivity index is 1.95. The lowest BCUT2D eigenvalue weighted by molar-refractivity contribution is -0.132. The zero-order valence-corrected chi connectivity index (χ0v) is 11.3. The number of H-pyrrole nitrogens is 1. The van der Waals surface area contributed by atoms with E-state index in [1.54, 1.807) is 0 Å². The third-order valence-electron chi connectivity index (χ3n) is 2.81. The second kappa shape index (κ2) is 5.70. The molecule has 1 aliphatic rings. The first kappa shape index (κ1) is 15.3. The summed E-state index contributed by atoms with van der Waals surface area (Å²) in [6, 6.07) is 0.388. The second-order valence-corrected chi connectivity index (χ2v) is 6.35. The van der Waals surface area contributed by atoms with E-state index >= 15 is 0 Å². The average molecular weight is 312 g/mol. The summed E-state index contributed by atoms with van der Waals surface area (Å²) >= 11 is 0. The molecule has 1 fully saturated rings. The number of aromatic nitrogens is 2. The molecular formula is C10H15F3N4O2S. The lowest BCUT2D eigenvalue weighted by Crippen LogP contribution is -2.29. The van der Waals surface area contributed by atoms with Crippen LogP contribution in [-0.4, -0.2) is 37.4 Å². The van der Waals surface area contributed by atoms with Crippen LogP contribution in [0, 0.1) is 0 Å². The van der Waals surface area contributed by atoms with Crippen LogP contribution in [0.4, 0.5) is 13.2 Å². The molecule has 0 spiro atoms. The van der Waals surface area contributed by atoms with E-state index in [-0.39, 0.29) is 5.03 Å². The van der Waals surface area contributed by atoms with Gasteiger partial charge in [0.15, 0.2) is 5.03 Å². The Hall–Kier alpha value is -1.13. The highest BCUT2D eigenvalue weighted by Crippen LogP contribution is 2.21. The van der Waals surface area contributed by atoms with Crippen molar-refractivity contribution in [2.24, 2.45) is 0 Å². The van der Waals surface area contributed by atoms with E-state index in [0.29, 0.717) is 18.2 Å². The highest BCUT2D eigenvalue weighted by atomic mass is 32.2. The van der Waals surface area contributed by atoms with Crippen LogP contribution in [0.1, 0.15) is 24.8 Å². The Bertz CT molecular complexity index is 551. The molecule has 1 saturated carbocycles. The molecule has 0 bridgehead atoms. The van der Waals surface area contributed by atoms with Crippen molar-refractivity contribution in [2.45, 2.75) is 43.1 Å². The predicted octanol–water partition coefficient (Wildman–Crippen LogP) is 0.892. The number of hydrogen-bond donors (Lipinski definition) is 3. The summed E-state index contributed by atoms with van der Waals surface area (Å²) in [4.78, 5) is 0. The van der Waals surface area contributed by atoms with Gasteiger partial charge < -0.3 is 5.32 Å². The second-order valence-electron chi connectivity index (χ2n) is 4.64. The number of nitrogens with zero attached hydrogens (tertiary/aromatic N) is 1. The van der Waals surface area contributed by atoms with Gasteiger partial charge in [-0.15, -0.1) is 0 Å². The van der Waals surface area contributed by atoms with E-state index in [4.69, 9.17) is 0 Å². The molecule has 1 aliphatic carbocycles. The molecule has 0 radical (unpaired) electrons. The summed E-state index contributed by atoms with van der Waals surface area (Å²) in [7, 11) is -4.01. The van der Waals surface area contributed by atoms with Gasteiger partial charge in [0.05, 0.1) is 12.6 Å². The molecule has 114 valence electrons. The van der Waals surface area contributed by atoms with E-state index in [2.05, 4.69) is 15.5 Å². The summed E-state index contributed by atoms with van der Waals surface area (Å²) < 4.78 is 61.7. The lowest BCUT2D eigenvalue weighted by Gasteiger charge is -2.09. The molecule has 1 aromatic rings. The summed E-state index contributed by atoms with van der Waals surface area (Å²) in [6.07, 6.45) is -2.16. The first-order valence-corrected chi connectivity index (χ1v) is 7.58. The van der Waals surface area contributed by atoms with Crippen molar-refractivity contribution in [3.63, 3.8) is 0 Å². The highest BCUT2D eigenvalue weighted by Gasteiger charge is 2.29.